The summed E-state index contributed by atoms with van der Waals surface area (Å²) in [7, 11) is 1.83. The van der Waals surface area contributed by atoms with E-state index in [9.17, 15) is 14.3 Å². The molecule has 0 amide bonds. The molecule has 1 aliphatic rings. The number of carbonyl (C=O) groups is 1. The third kappa shape index (κ3) is 3.57. The number of halogens is 1. The van der Waals surface area contributed by atoms with Crippen LogP contribution < -0.4 is 10.1 Å². The van der Waals surface area contributed by atoms with Crippen LogP contribution in [0.25, 0.3) is 16.9 Å². The number of rotatable bonds is 6. The second-order valence-electron chi connectivity index (χ2n) is 8.31. The van der Waals surface area contributed by atoms with Gasteiger partial charge in [0.2, 0.25) is 5.95 Å². The number of ether oxygens (including phenoxy) is 1. The first-order valence-electron chi connectivity index (χ1n) is 10.7. The highest BCUT2D eigenvalue weighted by Crippen LogP contribution is 2.31. The van der Waals surface area contributed by atoms with Gasteiger partial charge in [-0.05, 0) is 24.1 Å². The van der Waals surface area contributed by atoms with Gasteiger partial charge in [-0.2, -0.15) is 5.10 Å². The van der Waals surface area contributed by atoms with Gasteiger partial charge < -0.3 is 15.2 Å². The second kappa shape index (κ2) is 7.88. The maximum Gasteiger partial charge on any atom is 0.356 e. The lowest BCUT2D eigenvalue weighted by Crippen LogP contribution is -2.10. The summed E-state index contributed by atoms with van der Waals surface area (Å²) in [5.41, 5.74) is 3.99. The predicted molar refractivity (Wildman–Crippen MR) is 119 cm³/mol. The third-order valence-electron chi connectivity index (χ3n) is 5.84. The molecule has 9 nitrogen and oxygen atoms in total. The van der Waals surface area contributed by atoms with Gasteiger partial charge in [0.1, 0.15) is 11.6 Å². The predicted octanol–water partition coefficient (Wildman–Crippen LogP) is 3.64. The SMILES string of the molecule is CC(C)c1cc(-c2cnc(NCc3c(F)ccc4c3CCO4)n3cc(C(=O)O)nc23)n(C)n1. The van der Waals surface area contributed by atoms with Crippen LogP contribution in [0.3, 0.4) is 0 Å². The van der Waals surface area contributed by atoms with Crippen molar-refractivity contribution in [1.29, 1.82) is 0 Å². The zero-order chi connectivity index (χ0) is 23.3. The minimum Gasteiger partial charge on any atom is -0.493 e. The van der Waals surface area contributed by atoms with Crippen molar-refractivity contribution >= 4 is 17.6 Å². The smallest absolute Gasteiger partial charge is 0.356 e. The van der Waals surface area contributed by atoms with Crippen LogP contribution in [-0.4, -0.2) is 41.8 Å². The molecule has 33 heavy (non-hydrogen) atoms. The summed E-state index contributed by atoms with van der Waals surface area (Å²) in [4.78, 5) is 20.5. The lowest BCUT2D eigenvalue weighted by Gasteiger charge is -2.13. The number of carboxylic acid groups (broad SMARTS) is 1. The number of aromatic carboxylic acids is 1. The molecular formula is C23H23FN6O3. The number of fused-ring (bicyclic) bond motifs is 2. The summed E-state index contributed by atoms with van der Waals surface area (Å²) in [6, 6.07) is 4.98. The van der Waals surface area contributed by atoms with Crippen molar-refractivity contribution in [2.24, 2.45) is 7.05 Å². The minimum atomic E-state index is -1.15. The van der Waals surface area contributed by atoms with Crippen LogP contribution in [0.5, 0.6) is 5.75 Å². The largest absolute Gasteiger partial charge is 0.493 e. The van der Waals surface area contributed by atoms with E-state index in [-0.39, 0.29) is 24.0 Å². The van der Waals surface area contributed by atoms with E-state index < -0.39 is 5.97 Å². The topological polar surface area (TPSA) is 107 Å². The Hall–Kier alpha value is -3.95. The molecule has 1 aliphatic heterocycles. The fraction of sp³-hybridized carbons (Fsp3) is 0.304. The molecule has 0 radical (unpaired) electrons. The van der Waals surface area contributed by atoms with Gasteiger partial charge in [0.05, 0.1) is 23.6 Å². The van der Waals surface area contributed by atoms with Crippen molar-refractivity contribution in [3.05, 3.63) is 58.9 Å². The van der Waals surface area contributed by atoms with Crippen molar-refractivity contribution in [2.45, 2.75) is 32.7 Å². The molecule has 5 rings (SSSR count). The van der Waals surface area contributed by atoms with Crippen LogP contribution in [-0.2, 0) is 20.0 Å². The van der Waals surface area contributed by atoms with Crippen LogP contribution in [0.2, 0.25) is 0 Å². The fourth-order valence-corrected chi connectivity index (χ4v) is 4.09. The molecular weight excluding hydrogens is 427 g/mol. The van der Waals surface area contributed by atoms with E-state index in [2.05, 4.69) is 34.2 Å². The first-order chi connectivity index (χ1) is 15.8. The fourth-order valence-electron chi connectivity index (χ4n) is 4.09. The Morgan fingerprint density at radius 3 is 2.91 bits per heavy atom. The van der Waals surface area contributed by atoms with Crippen LogP contribution in [0.4, 0.5) is 10.3 Å². The van der Waals surface area contributed by atoms with Gasteiger partial charge in [-0.3, -0.25) is 9.08 Å². The molecule has 170 valence electrons. The summed E-state index contributed by atoms with van der Waals surface area (Å²) >= 11 is 0. The lowest BCUT2D eigenvalue weighted by atomic mass is 10.0. The highest BCUT2D eigenvalue weighted by Gasteiger charge is 2.22. The monoisotopic (exact) mass is 450 g/mol. The van der Waals surface area contributed by atoms with Gasteiger partial charge in [0, 0.05) is 43.5 Å². The second-order valence-corrected chi connectivity index (χ2v) is 8.31. The number of benzene rings is 1. The van der Waals surface area contributed by atoms with E-state index in [0.717, 1.165) is 17.0 Å². The summed E-state index contributed by atoms with van der Waals surface area (Å²) < 4.78 is 23.4. The standard InChI is InChI=1S/C23H23FN6O3/c1-12(2)17-8-19(29(3)28-17)15-10-26-23(30-11-18(22(31)32)27-21(15)30)25-9-14-13-6-7-33-20(13)5-4-16(14)24/h4-5,8,10-12H,6-7,9H2,1-3H3,(H,25,26)(H,31,32). The maximum absolute atomic E-state index is 14.5. The van der Waals surface area contributed by atoms with Crippen molar-refractivity contribution in [2.75, 3.05) is 11.9 Å². The van der Waals surface area contributed by atoms with Crippen LogP contribution in [0.1, 0.15) is 47.1 Å². The van der Waals surface area contributed by atoms with Crippen molar-refractivity contribution in [3.8, 4) is 17.0 Å². The number of imidazole rings is 1. The number of hydrogen-bond donors (Lipinski definition) is 2. The van der Waals surface area contributed by atoms with Gasteiger partial charge in [0.15, 0.2) is 11.3 Å². The van der Waals surface area contributed by atoms with Gasteiger partial charge in [-0.25, -0.2) is 19.2 Å². The van der Waals surface area contributed by atoms with Crippen molar-refractivity contribution < 1.29 is 19.0 Å². The molecule has 10 heteroatoms. The third-order valence-corrected chi connectivity index (χ3v) is 5.84. The molecule has 0 fully saturated rings. The Labute approximate surface area is 188 Å². The Kier molecular flexibility index (Phi) is 4.99. The highest BCUT2D eigenvalue weighted by molar-refractivity contribution is 5.88. The molecule has 0 saturated carbocycles. The number of aryl methyl sites for hydroxylation is 1. The zero-order valence-corrected chi connectivity index (χ0v) is 18.5. The van der Waals surface area contributed by atoms with E-state index in [0.29, 0.717) is 41.5 Å². The normalized spacial score (nSPS) is 12.9. The van der Waals surface area contributed by atoms with Crippen molar-refractivity contribution in [1.82, 2.24) is 24.1 Å². The van der Waals surface area contributed by atoms with Crippen LogP contribution in [0, 0.1) is 5.82 Å². The molecule has 0 atom stereocenters. The molecule has 0 unspecified atom stereocenters. The van der Waals surface area contributed by atoms with Gasteiger partial charge in [0.25, 0.3) is 0 Å². The minimum absolute atomic E-state index is 0.112. The number of carboxylic acids is 1. The summed E-state index contributed by atoms with van der Waals surface area (Å²) in [5.74, 6) is -0.193. The zero-order valence-electron chi connectivity index (χ0n) is 18.5. The van der Waals surface area contributed by atoms with E-state index in [1.807, 2.05) is 13.1 Å². The summed E-state index contributed by atoms with van der Waals surface area (Å²) in [6.07, 6.45) is 3.68. The van der Waals surface area contributed by atoms with Crippen molar-refractivity contribution in [3.63, 3.8) is 0 Å². The number of nitrogens with one attached hydrogen (secondary N) is 1. The molecule has 1 aromatic carbocycles. The Morgan fingerprint density at radius 1 is 1.36 bits per heavy atom. The Bertz CT molecular complexity index is 1390. The van der Waals surface area contributed by atoms with E-state index >= 15 is 0 Å². The molecule has 0 aliphatic carbocycles. The van der Waals surface area contributed by atoms with Gasteiger partial charge >= 0.3 is 5.97 Å². The van der Waals surface area contributed by atoms with Gasteiger partial charge in [-0.15, -0.1) is 0 Å². The number of hydrogen-bond acceptors (Lipinski definition) is 6. The van der Waals surface area contributed by atoms with E-state index in [1.54, 1.807) is 21.3 Å². The molecule has 0 bridgehead atoms. The first kappa shape index (κ1) is 20.9. The average molecular weight is 450 g/mol. The molecule has 0 saturated heterocycles. The van der Waals surface area contributed by atoms with E-state index in [4.69, 9.17) is 4.74 Å². The van der Waals surface area contributed by atoms with Gasteiger partial charge in [-0.1, -0.05) is 13.8 Å². The lowest BCUT2D eigenvalue weighted by molar-refractivity contribution is 0.0691. The first-order valence-corrected chi connectivity index (χ1v) is 10.7. The molecule has 0 spiro atoms. The summed E-state index contributed by atoms with van der Waals surface area (Å²) in [6.45, 7) is 4.80. The molecule has 4 heterocycles. The molecule has 2 N–H and O–H groups in total. The average Bonchev–Trinajstić information content (AvgIpc) is 3.51. The maximum atomic E-state index is 14.5. The molecule has 3 aromatic heterocycles. The number of nitrogens with zero attached hydrogens (tertiary/aromatic N) is 5. The number of anilines is 1. The van der Waals surface area contributed by atoms with E-state index in [1.165, 1.54) is 12.3 Å². The molecule has 4 aromatic rings. The summed E-state index contributed by atoms with van der Waals surface area (Å²) in [5, 5.41) is 17.2. The van der Waals surface area contributed by atoms with Crippen LogP contribution >= 0.6 is 0 Å². The quantitative estimate of drug-likeness (QED) is 0.462. The Morgan fingerprint density at radius 2 is 2.18 bits per heavy atom. The highest BCUT2D eigenvalue weighted by atomic mass is 19.1. The van der Waals surface area contributed by atoms with Crippen LogP contribution in [0.15, 0.2) is 30.6 Å². The Balaban J connectivity index is 1.57. The number of aromatic nitrogens is 5.